The molecule has 0 bridgehead atoms. The second-order valence-corrected chi connectivity index (χ2v) is 7.29. The molecule has 1 aliphatic rings. The van der Waals surface area contributed by atoms with Gasteiger partial charge in [-0.1, -0.05) is 50.2 Å². The van der Waals surface area contributed by atoms with Crippen LogP contribution in [0.3, 0.4) is 0 Å². The number of benzene rings is 2. The molecule has 27 heavy (non-hydrogen) atoms. The molecule has 0 spiro atoms. The summed E-state index contributed by atoms with van der Waals surface area (Å²) in [5, 5.41) is 7.66. The van der Waals surface area contributed by atoms with E-state index in [4.69, 9.17) is 4.42 Å². The zero-order valence-corrected chi connectivity index (χ0v) is 14.6. The van der Waals surface area contributed by atoms with Crippen LogP contribution >= 0.6 is 0 Å². The van der Waals surface area contributed by atoms with Gasteiger partial charge < -0.3 is 4.42 Å². The first kappa shape index (κ1) is 17.7. The third-order valence-corrected chi connectivity index (χ3v) is 5.23. The SMILES string of the molecule is CC1(C)[C@H](c2ccccc2)[C@H]1c1nnc(-c2c(F)cccc2C(F)(F)F)o1. The van der Waals surface area contributed by atoms with Crippen molar-refractivity contribution in [3.05, 3.63) is 71.4 Å². The van der Waals surface area contributed by atoms with Gasteiger partial charge in [-0.3, -0.25) is 0 Å². The van der Waals surface area contributed by atoms with Crippen molar-refractivity contribution in [3.8, 4) is 11.5 Å². The Labute approximate surface area is 153 Å². The first-order valence-corrected chi connectivity index (χ1v) is 8.45. The first-order chi connectivity index (χ1) is 12.7. The summed E-state index contributed by atoms with van der Waals surface area (Å²) < 4.78 is 59.4. The summed E-state index contributed by atoms with van der Waals surface area (Å²) in [7, 11) is 0. The minimum atomic E-state index is -4.72. The monoisotopic (exact) mass is 376 g/mol. The van der Waals surface area contributed by atoms with Crippen LogP contribution in [0, 0.1) is 11.2 Å². The van der Waals surface area contributed by atoms with Gasteiger partial charge in [-0.05, 0) is 23.1 Å². The maximum Gasteiger partial charge on any atom is 0.417 e. The highest BCUT2D eigenvalue weighted by molar-refractivity contribution is 5.60. The van der Waals surface area contributed by atoms with Crippen LogP contribution in [0.2, 0.25) is 0 Å². The fourth-order valence-electron chi connectivity index (χ4n) is 3.82. The van der Waals surface area contributed by atoms with Crippen LogP contribution in [0.5, 0.6) is 0 Å². The molecule has 0 aliphatic heterocycles. The number of aromatic nitrogens is 2. The number of hydrogen-bond acceptors (Lipinski definition) is 3. The summed E-state index contributed by atoms with van der Waals surface area (Å²) in [5.74, 6) is -1.31. The molecule has 4 rings (SSSR count). The molecule has 1 aromatic heterocycles. The molecule has 0 N–H and O–H groups in total. The molecular formula is C20H16F4N2O. The van der Waals surface area contributed by atoms with Crippen LogP contribution in [0.15, 0.2) is 52.9 Å². The van der Waals surface area contributed by atoms with Gasteiger partial charge in [0.05, 0.1) is 17.0 Å². The minimum Gasteiger partial charge on any atom is -0.420 e. The van der Waals surface area contributed by atoms with Crippen molar-refractivity contribution in [3.63, 3.8) is 0 Å². The van der Waals surface area contributed by atoms with E-state index in [2.05, 4.69) is 10.2 Å². The van der Waals surface area contributed by atoms with Crippen molar-refractivity contribution in [1.82, 2.24) is 10.2 Å². The van der Waals surface area contributed by atoms with E-state index >= 15 is 0 Å². The standard InChI is InChI=1S/C20H16F4N2O/c1-19(2)15(11-7-4-3-5-8-11)16(19)18-26-25-17(27-18)14-12(20(22,23)24)9-6-10-13(14)21/h3-10,15-16H,1-2H3/t15-,16+/m1/s1. The normalized spacial score (nSPS) is 21.3. The molecule has 1 fully saturated rings. The predicted octanol–water partition coefficient (Wildman–Crippen LogP) is 5.80. The van der Waals surface area contributed by atoms with Crippen LogP contribution in [0.25, 0.3) is 11.5 Å². The second-order valence-electron chi connectivity index (χ2n) is 7.29. The Balaban J connectivity index is 1.72. The Hall–Kier alpha value is -2.70. The van der Waals surface area contributed by atoms with E-state index < -0.39 is 29.0 Å². The molecule has 0 saturated heterocycles. The number of alkyl halides is 3. The predicted molar refractivity (Wildman–Crippen MR) is 90.4 cm³/mol. The van der Waals surface area contributed by atoms with Gasteiger partial charge in [0.25, 0.3) is 5.89 Å². The lowest BCUT2D eigenvalue weighted by Gasteiger charge is -2.10. The highest BCUT2D eigenvalue weighted by Gasteiger charge is 2.61. The molecule has 140 valence electrons. The van der Waals surface area contributed by atoms with Crippen molar-refractivity contribution in [2.45, 2.75) is 31.9 Å². The van der Waals surface area contributed by atoms with Gasteiger partial charge in [-0.25, -0.2) is 4.39 Å². The van der Waals surface area contributed by atoms with Crippen molar-refractivity contribution in [2.24, 2.45) is 5.41 Å². The summed E-state index contributed by atoms with van der Waals surface area (Å²) in [4.78, 5) is 0. The van der Waals surface area contributed by atoms with Gasteiger partial charge in [-0.15, -0.1) is 10.2 Å². The third-order valence-electron chi connectivity index (χ3n) is 5.23. The van der Waals surface area contributed by atoms with Crippen LogP contribution in [0.1, 0.15) is 42.7 Å². The van der Waals surface area contributed by atoms with E-state index in [1.807, 2.05) is 44.2 Å². The second kappa shape index (κ2) is 5.90. The smallest absolute Gasteiger partial charge is 0.417 e. The average Bonchev–Trinajstić information content (AvgIpc) is 2.95. The van der Waals surface area contributed by atoms with E-state index in [0.717, 1.165) is 23.8 Å². The summed E-state index contributed by atoms with van der Waals surface area (Å²) in [6, 6.07) is 12.5. The Kier molecular flexibility index (Phi) is 3.87. The minimum absolute atomic E-state index is 0.106. The Morgan fingerprint density at radius 1 is 0.926 bits per heavy atom. The van der Waals surface area contributed by atoms with Gasteiger partial charge in [-0.2, -0.15) is 13.2 Å². The molecule has 3 nitrogen and oxygen atoms in total. The molecule has 7 heteroatoms. The first-order valence-electron chi connectivity index (χ1n) is 8.45. The van der Waals surface area contributed by atoms with E-state index in [0.29, 0.717) is 0 Å². The van der Waals surface area contributed by atoms with Gasteiger partial charge in [0.15, 0.2) is 0 Å². The van der Waals surface area contributed by atoms with Crippen LogP contribution in [-0.4, -0.2) is 10.2 Å². The summed E-state index contributed by atoms with van der Waals surface area (Å²) in [5.41, 5.74) is -0.937. The van der Waals surface area contributed by atoms with Gasteiger partial charge in [0.1, 0.15) is 5.82 Å². The average molecular weight is 376 g/mol. The van der Waals surface area contributed by atoms with E-state index in [1.54, 1.807) is 0 Å². The quantitative estimate of drug-likeness (QED) is 0.542. The van der Waals surface area contributed by atoms with Crippen molar-refractivity contribution in [1.29, 1.82) is 0 Å². The lowest BCUT2D eigenvalue weighted by molar-refractivity contribution is -0.137. The van der Waals surface area contributed by atoms with Crippen LogP contribution in [-0.2, 0) is 6.18 Å². The number of nitrogens with zero attached hydrogens (tertiary/aromatic N) is 2. The lowest BCUT2D eigenvalue weighted by Crippen LogP contribution is -2.08. The molecule has 1 saturated carbocycles. The number of halogens is 4. The third kappa shape index (κ3) is 2.91. The zero-order valence-electron chi connectivity index (χ0n) is 14.6. The molecule has 0 unspecified atom stereocenters. The molecule has 3 aromatic rings. The molecule has 1 heterocycles. The van der Waals surface area contributed by atoms with E-state index in [9.17, 15) is 17.6 Å². The fraction of sp³-hybridized carbons (Fsp3) is 0.300. The Bertz CT molecular complexity index is 979. The van der Waals surface area contributed by atoms with Crippen molar-refractivity contribution < 1.29 is 22.0 Å². The fourth-order valence-corrected chi connectivity index (χ4v) is 3.82. The van der Waals surface area contributed by atoms with E-state index in [1.165, 1.54) is 0 Å². The lowest BCUT2D eigenvalue weighted by atomic mass is 10.0. The molecule has 2 aromatic carbocycles. The molecule has 2 atom stereocenters. The van der Waals surface area contributed by atoms with Gasteiger partial charge >= 0.3 is 6.18 Å². The maximum absolute atomic E-state index is 14.2. The van der Waals surface area contributed by atoms with Gasteiger partial charge in [0, 0.05) is 5.92 Å². The summed E-state index contributed by atoms with van der Waals surface area (Å²) in [6.45, 7) is 4.06. The van der Waals surface area contributed by atoms with Crippen LogP contribution in [0.4, 0.5) is 17.6 Å². The molecule has 0 amide bonds. The molecule has 1 aliphatic carbocycles. The largest absolute Gasteiger partial charge is 0.420 e. The maximum atomic E-state index is 14.2. The van der Waals surface area contributed by atoms with Crippen molar-refractivity contribution in [2.75, 3.05) is 0 Å². The van der Waals surface area contributed by atoms with Crippen molar-refractivity contribution >= 4 is 0 Å². The highest BCUT2D eigenvalue weighted by atomic mass is 19.4. The summed E-state index contributed by atoms with van der Waals surface area (Å²) >= 11 is 0. The van der Waals surface area contributed by atoms with Crippen LogP contribution < -0.4 is 0 Å². The zero-order chi connectivity index (χ0) is 19.4. The molecule has 0 radical (unpaired) electrons. The van der Waals surface area contributed by atoms with Gasteiger partial charge in [0.2, 0.25) is 5.89 Å². The highest BCUT2D eigenvalue weighted by Crippen LogP contribution is 2.69. The molecular weight excluding hydrogens is 360 g/mol. The van der Waals surface area contributed by atoms with E-state index in [-0.39, 0.29) is 23.1 Å². The Morgan fingerprint density at radius 3 is 2.30 bits per heavy atom. The number of hydrogen-bond donors (Lipinski definition) is 0. The Morgan fingerprint density at radius 2 is 1.63 bits per heavy atom. The summed E-state index contributed by atoms with van der Waals surface area (Å²) in [6.07, 6.45) is -4.72. The topological polar surface area (TPSA) is 38.9 Å². The number of rotatable bonds is 3.